The van der Waals surface area contributed by atoms with Crippen molar-refractivity contribution in [3.63, 3.8) is 0 Å². The summed E-state index contributed by atoms with van der Waals surface area (Å²) in [7, 11) is -4.07. The molecular formula is C17H17FN2O3S2. The fourth-order valence-electron chi connectivity index (χ4n) is 1.97. The first-order valence-electron chi connectivity index (χ1n) is 7.23. The minimum Gasteiger partial charge on any atom is -0.322 e. The summed E-state index contributed by atoms with van der Waals surface area (Å²) in [5, 5.41) is 2.65. The van der Waals surface area contributed by atoms with Gasteiger partial charge < -0.3 is 5.32 Å². The van der Waals surface area contributed by atoms with Crippen LogP contribution in [0, 0.1) is 5.82 Å². The van der Waals surface area contributed by atoms with Gasteiger partial charge in [0.2, 0.25) is 10.0 Å². The summed E-state index contributed by atoms with van der Waals surface area (Å²) < 4.78 is 40.2. The first kappa shape index (κ1) is 19.2. The van der Waals surface area contributed by atoms with Gasteiger partial charge >= 0.3 is 0 Å². The summed E-state index contributed by atoms with van der Waals surface area (Å²) in [6, 6.07) is 10.3. The number of thioether (sulfide) groups is 1. The number of rotatable bonds is 7. The highest BCUT2D eigenvalue weighted by Gasteiger charge is 2.20. The maximum absolute atomic E-state index is 13.9. The second-order valence-electron chi connectivity index (χ2n) is 4.97. The molecule has 2 aromatic rings. The van der Waals surface area contributed by atoms with Crippen LogP contribution in [0.3, 0.4) is 0 Å². The van der Waals surface area contributed by atoms with E-state index in [4.69, 9.17) is 0 Å². The Bertz CT molecular complexity index is 881. The molecule has 0 radical (unpaired) electrons. The van der Waals surface area contributed by atoms with E-state index in [0.29, 0.717) is 5.69 Å². The van der Waals surface area contributed by atoms with Crippen LogP contribution in [0.2, 0.25) is 0 Å². The summed E-state index contributed by atoms with van der Waals surface area (Å²) in [5.41, 5.74) is 0.593. The molecule has 8 heteroatoms. The monoisotopic (exact) mass is 380 g/mol. The lowest BCUT2D eigenvalue weighted by Gasteiger charge is -2.09. The van der Waals surface area contributed by atoms with E-state index in [0.717, 1.165) is 17.0 Å². The summed E-state index contributed by atoms with van der Waals surface area (Å²) in [4.78, 5) is 12.8. The third kappa shape index (κ3) is 4.91. The SMILES string of the molecule is C=CCNS(=O)(=O)c1cc(C(=O)Nc2ccc(SC)cc2)ccc1F. The number of anilines is 1. The largest absolute Gasteiger partial charge is 0.322 e. The van der Waals surface area contributed by atoms with E-state index in [9.17, 15) is 17.6 Å². The molecule has 0 saturated carbocycles. The molecule has 0 spiro atoms. The van der Waals surface area contributed by atoms with Gasteiger partial charge in [-0.2, -0.15) is 0 Å². The van der Waals surface area contributed by atoms with Crippen LogP contribution in [-0.2, 0) is 10.0 Å². The van der Waals surface area contributed by atoms with Crippen molar-refractivity contribution in [3.8, 4) is 0 Å². The fraction of sp³-hybridized carbons (Fsp3) is 0.118. The van der Waals surface area contributed by atoms with Crippen molar-refractivity contribution in [1.29, 1.82) is 0 Å². The molecule has 0 fully saturated rings. The lowest BCUT2D eigenvalue weighted by Crippen LogP contribution is -2.25. The number of hydrogen-bond acceptors (Lipinski definition) is 4. The molecule has 132 valence electrons. The Balaban J connectivity index is 2.25. The number of benzene rings is 2. The van der Waals surface area contributed by atoms with Crippen LogP contribution in [-0.4, -0.2) is 27.1 Å². The van der Waals surface area contributed by atoms with Crippen LogP contribution in [0.4, 0.5) is 10.1 Å². The third-order valence-corrected chi connectivity index (χ3v) is 5.43. The predicted molar refractivity (Wildman–Crippen MR) is 98.0 cm³/mol. The average molecular weight is 380 g/mol. The highest BCUT2D eigenvalue weighted by Crippen LogP contribution is 2.20. The van der Waals surface area contributed by atoms with E-state index >= 15 is 0 Å². The van der Waals surface area contributed by atoms with Gasteiger partial charge in [0.25, 0.3) is 5.91 Å². The van der Waals surface area contributed by atoms with Crippen molar-refractivity contribution in [3.05, 3.63) is 66.5 Å². The third-order valence-electron chi connectivity index (χ3n) is 3.25. The molecule has 1 amide bonds. The van der Waals surface area contributed by atoms with Gasteiger partial charge in [0.05, 0.1) is 0 Å². The Labute approximate surface area is 150 Å². The van der Waals surface area contributed by atoms with E-state index in [2.05, 4.69) is 16.6 Å². The fourth-order valence-corrected chi connectivity index (χ4v) is 3.48. The maximum Gasteiger partial charge on any atom is 0.255 e. The molecule has 0 aromatic heterocycles. The van der Waals surface area contributed by atoms with Gasteiger partial charge in [-0.3, -0.25) is 4.79 Å². The Morgan fingerprint density at radius 2 is 1.92 bits per heavy atom. The van der Waals surface area contributed by atoms with Crippen molar-refractivity contribution in [2.75, 3.05) is 18.1 Å². The number of sulfonamides is 1. The van der Waals surface area contributed by atoms with Gasteiger partial charge in [-0.05, 0) is 48.7 Å². The zero-order valence-corrected chi connectivity index (χ0v) is 15.1. The van der Waals surface area contributed by atoms with Crippen LogP contribution in [0.25, 0.3) is 0 Å². The van der Waals surface area contributed by atoms with Crippen molar-refractivity contribution in [2.45, 2.75) is 9.79 Å². The minimum atomic E-state index is -4.07. The first-order chi connectivity index (χ1) is 11.9. The van der Waals surface area contributed by atoms with Crippen LogP contribution in [0.15, 0.2) is 64.9 Å². The van der Waals surface area contributed by atoms with Crippen molar-refractivity contribution in [1.82, 2.24) is 4.72 Å². The lowest BCUT2D eigenvalue weighted by atomic mass is 10.2. The molecule has 2 aromatic carbocycles. The highest BCUT2D eigenvalue weighted by atomic mass is 32.2. The second kappa shape index (κ2) is 8.28. The molecule has 25 heavy (non-hydrogen) atoms. The van der Waals surface area contributed by atoms with E-state index in [1.807, 2.05) is 18.4 Å². The van der Waals surface area contributed by atoms with E-state index in [-0.39, 0.29) is 12.1 Å². The molecule has 0 aliphatic rings. The van der Waals surface area contributed by atoms with Crippen molar-refractivity contribution in [2.24, 2.45) is 0 Å². The van der Waals surface area contributed by atoms with Gasteiger partial charge in [-0.15, -0.1) is 18.3 Å². The van der Waals surface area contributed by atoms with E-state index in [1.165, 1.54) is 12.1 Å². The number of hydrogen-bond donors (Lipinski definition) is 2. The molecule has 0 unspecified atom stereocenters. The maximum atomic E-state index is 13.9. The highest BCUT2D eigenvalue weighted by molar-refractivity contribution is 7.98. The van der Waals surface area contributed by atoms with Crippen LogP contribution in [0.5, 0.6) is 0 Å². The predicted octanol–water partition coefficient (Wildman–Crippen LogP) is 3.26. The summed E-state index contributed by atoms with van der Waals surface area (Å²) in [6.45, 7) is 3.36. The number of carbonyl (C=O) groups excluding carboxylic acids is 1. The molecular weight excluding hydrogens is 363 g/mol. The number of carbonyl (C=O) groups is 1. The Morgan fingerprint density at radius 3 is 2.52 bits per heavy atom. The minimum absolute atomic E-state index is 0.0364. The Morgan fingerprint density at radius 1 is 1.24 bits per heavy atom. The molecule has 0 saturated heterocycles. The molecule has 0 heterocycles. The number of amides is 1. The standard InChI is InChI=1S/C17H17FN2O3S2/c1-3-10-19-25(22,23)16-11-12(4-9-15(16)18)17(21)20-13-5-7-14(24-2)8-6-13/h3-9,11,19H,1,10H2,2H3,(H,20,21). The smallest absolute Gasteiger partial charge is 0.255 e. The Hall–Kier alpha value is -2.16. The first-order valence-corrected chi connectivity index (χ1v) is 9.93. The quantitative estimate of drug-likeness (QED) is 0.571. The van der Waals surface area contributed by atoms with Crippen LogP contribution >= 0.6 is 11.8 Å². The van der Waals surface area contributed by atoms with Gasteiger partial charge in [0, 0.05) is 22.7 Å². The van der Waals surface area contributed by atoms with Crippen molar-refractivity contribution < 1.29 is 17.6 Å². The van der Waals surface area contributed by atoms with Crippen LogP contribution < -0.4 is 10.0 Å². The molecule has 2 rings (SSSR count). The molecule has 5 nitrogen and oxygen atoms in total. The average Bonchev–Trinajstić information content (AvgIpc) is 2.60. The van der Waals surface area contributed by atoms with Gasteiger partial charge in [-0.25, -0.2) is 17.5 Å². The van der Waals surface area contributed by atoms with Gasteiger partial charge in [-0.1, -0.05) is 6.08 Å². The van der Waals surface area contributed by atoms with Crippen molar-refractivity contribution >= 4 is 33.4 Å². The molecule has 0 atom stereocenters. The molecule has 0 aliphatic heterocycles. The summed E-state index contributed by atoms with van der Waals surface area (Å²) in [6.07, 6.45) is 3.28. The lowest BCUT2D eigenvalue weighted by molar-refractivity contribution is 0.102. The normalized spacial score (nSPS) is 11.1. The molecule has 0 aliphatic carbocycles. The number of halogens is 1. The second-order valence-corrected chi connectivity index (χ2v) is 7.58. The summed E-state index contributed by atoms with van der Waals surface area (Å²) in [5.74, 6) is -1.46. The topological polar surface area (TPSA) is 75.3 Å². The van der Waals surface area contributed by atoms with E-state index < -0.39 is 26.6 Å². The zero-order valence-electron chi connectivity index (χ0n) is 13.5. The molecule has 2 N–H and O–H groups in total. The van der Waals surface area contributed by atoms with Gasteiger partial charge in [0.1, 0.15) is 10.7 Å². The van der Waals surface area contributed by atoms with Crippen LogP contribution in [0.1, 0.15) is 10.4 Å². The summed E-state index contributed by atoms with van der Waals surface area (Å²) >= 11 is 1.57. The molecule has 0 bridgehead atoms. The Kier molecular flexibility index (Phi) is 6.35. The zero-order chi connectivity index (χ0) is 18.4. The van der Waals surface area contributed by atoms with E-state index in [1.54, 1.807) is 23.9 Å². The van der Waals surface area contributed by atoms with Gasteiger partial charge in [0.15, 0.2) is 0 Å². The number of nitrogens with one attached hydrogen (secondary N) is 2.